The number of amides is 1. The third-order valence-corrected chi connectivity index (χ3v) is 4.92. The van der Waals surface area contributed by atoms with Crippen molar-refractivity contribution in [2.24, 2.45) is 5.92 Å². The van der Waals surface area contributed by atoms with Gasteiger partial charge in [0.25, 0.3) is 0 Å². The standard InChI is InChI=1S/C16H20N4O/c21-15(18-14-10-20-6-4-11(14)5-7-20)8-12-2-1-3-13-9-17-19-16(12)13/h1-3,9,11,14H,4-8,10H2,(H,17,19)(H,18,21)/t14-/m0/s1. The van der Waals surface area contributed by atoms with Crippen LogP contribution in [0.2, 0.25) is 0 Å². The second-order valence-corrected chi connectivity index (χ2v) is 6.24. The molecule has 3 aliphatic heterocycles. The fourth-order valence-corrected chi connectivity index (χ4v) is 3.74. The summed E-state index contributed by atoms with van der Waals surface area (Å²) < 4.78 is 0. The van der Waals surface area contributed by atoms with Gasteiger partial charge in [-0.1, -0.05) is 18.2 Å². The third kappa shape index (κ3) is 2.42. The lowest BCUT2D eigenvalue weighted by molar-refractivity contribution is -0.122. The Hall–Kier alpha value is -1.88. The van der Waals surface area contributed by atoms with Gasteiger partial charge in [-0.2, -0.15) is 5.10 Å². The average Bonchev–Trinajstić information content (AvgIpc) is 2.98. The van der Waals surface area contributed by atoms with Crippen LogP contribution in [0.15, 0.2) is 24.4 Å². The summed E-state index contributed by atoms with van der Waals surface area (Å²) in [5, 5.41) is 11.3. The van der Waals surface area contributed by atoms with Crippen molar-refractivity contribution in [2.75, 3.05) is 19.6 Å². The quantitative estimate of drug-likeness (QED) is 0.893. The first-order valence-electron chi connectivity index (χ1n) is 7.72. The Labute approximate surface area is 123 Å². The summed E-state index contributed by atoms with van der Waals surface area (Å²) in [7, 11) is 0. The summed E-state index contributed by atoms with van der Waals surface area (Å²) in [6.45, 7) is 3.42. The largest absolute Gasteiger partial charge is 0.352 e. The molecule has 3 aliphatic rings. The smallest absolute Gasteiger partial charge is 0.224 e. The SMILES string of the molecule is O=C(Cc1cccc2cn[nH]c12)N[C@H]1CN2CCC1CC2. The molecule has 5 rings (SSSR count). The van der Waals surface area contributed by atoms with Crippen molar-refractivity contribution in [3.63, 3.8) is 0 Å². The van der Waals surface area contributed by atoms with Gasteiger partial charge in [0.05, 0.1) is 18.1 Å². The van der Waals surface area contributed by atoms with E-state index < -0.39 is 0 Å². The molecule has 0 radical (unpaired) electrons. The molecule has 5 heteroatoms. The first kappa shape index (κ1) is 12.8. The molecule has 0 spiro atoms. The maximum Gasteiger partial charge on any atom is 0.224 e. The Bertz CT molecular complexity index is 657. The average molecular weight is 284 g/mol. The molecule has 21 heavy (non-hydrogen) atoms. The highest BCUT2D eigenvalue weighted by molar-refractivity contribution is 5.87. The molecule has 1 aromatic heterocycles. The van der Waals surface area contributed by atoms with E-state index in [-0.39, 0.29) is 5.91 Å². The van der Waals surface area contributed by atoms with Gasteiger partial charge in [-0.15, -0.1) is 0 Å². The zero-order chi connectivity index (χ0) is 14.2. The van der Waals surface area contributed by atoms with E-state index in [0.29, 0.717) is 18.4 Å². The molecule has 3 saturated heterocycles. The van der Waals surface area contributed by atoms with Crippen LogP contribution in [0.3, 0.4) is 0 Å². The van der Waals surface area contributed by atoms with Crippen LogP contribution < -0.4 is 5.32 Å². The number of benzene rings is 1. The Morgan fingerprint density at radius 3 is 3.00 bits per heavy atom. The molecular weight excluding hydrogens is 264 g/mol. The van der Waals surface area contributed by atoms with Gasteiger partial charge in [-0.3, -0.25) is 9.89 Å². The van der Waals surface area contributed by atoms with Crippen LogP contribution in [0.1, 0.15) is 18.4 Å². The molecule has 1 aromatic carbocycles. The number of hydrogen-bond acceptors (Lipinski definition) is 3. The number of nitrogens with zero attached hydrogens (tertiary/aromatic N) is 2. The van der Waals surface area contributed by atoms with E-state index in [1.54, 1.807) is 6.20 Å². The van der Waals surface area contributed by atoms with E-state index in [0.717, 1.165) is 23.0 Å². The van der Waals surface area contributed by atoms with Crippen LogP contribution in [0, 0.1) is 5.92 Å². The van der Waals surface area contributed by atoms with Gasteiger partial charge < -0.3 is 10.2 Å². The highest BCUT2D eigenvalue weighted by Gasteiger charge is 2.34. The van der Waals surface area contributed by atoms with Crippen LogP contribution in [-0.2, 0) is 11.2 Å². The number of carbonyl (C=O) groups excluding carboxylic acids is 1. The topological polar surface area (TPSA) is 61.0 Å². The van der Waals surface area contributed by atoms with Crippen LogP contribution in [-0.4, -0.2) is 46.7 Å². The number of para-hydroxylation sites is 1. The highest BCUT2D eigenvalue weighted by atomic mass is 16.1. The molecular formula is C16H20N4O. The number of rotatable bonds is 3. The molecule has 0 unspecified atom stereocenters. The number of aromatic amines is 1. The minimum absolute atomic E-state index is 0.121. The first-order chi connectivity index (χ1) is 10.3. The van der Waals surface area contributed by atoms with Crippen molar-refractivity contribution in [1.29, 1.82) is 0 Å². The minimum Gasteiger partial charge on any atom is -0.352 e. The Balaban J connectivity index is 1.45. The number of piperidine rings is 3. The van der Waals surface area contributed by atoms with Crippen molar-refractivity contribution in [3.05, 3.63) is 30.0 Å². The van der Waals surface area contributed by atoms with Crippen molar-refractivity contribution >= 4 is 16.8 Å². The van der Waals surface area contributed by atoms with E-state index in [1.165, 1.54) is 25.9 Å². The number of carbonyl (C=O) groups is 1. The monoisotopic (exact) mass is 284 g/mol. The Kier molecular flexibility index (Phi) is 3.15. The molecule has 1 atom stereocenters. The lowest BCUT2D eigenvalue weighted by atomic mass is 9.84. The normalized spacial score (nSPS) is 27.9. The molecule has 3 fully saturated rings. The van der Waals surface area contributed by atoms with E-state index in [9.17, 15) is 4.79 Å². The number of hydrogen-bond donors (Lipinski definition) is 2. The zero-order valence-corrected chi connectivity index (χ0v) is 12.0. The number of nitrogens with one attached hydrogen (secondary N) is 2. The van der Waals surface area contributed by atoms with E-state index in [1.807, 2.05) is 18.2 Å². The second-order valence-electron chi connectivity index (χ2n) is 6.24. The van der Waals surface area contributed by atoms with E-state index in [4.69, 9.17) is 0 Å². The van der Waals surface area contributed by atoms with Crippen LogP contribution in [0.25, 0.3) is 10.9 Å². The van der Waals surface area contributed by atoms with Gasteiger partial charge in [-0.05, 0) is 37.4 Å². The lowest BCUT2D eigenvalue weighted by Gasteiger charge is -2.44. The Morgan fingerprint density at radius 1 is 1.38 bits per heavy atom. The third-order valence-electron chi connectivity index (χ3n) is 4.92. The fraction of sp³-hybridized carbons (Fsp3) is 0.500. The summed E-state index contributed by atoms with van der Waals surface area (Å²) in [5.41, 5.74) is 1.99. The molecule has 0 aliphatic carbocycles. The number of fused-ring (bicyclic) bond motifs is 4. The number of aromatic nitrogens is 2. The summed E-state index contributed by atoms with van der Waals surface area (Å²) in [4.78, 5) is 14.8. The van der Waals surface area contributed by atoms with Crippen molar-refractivity contribution in [1.82, 2.24) is 20.4 Å². The van der Waals surface area contributed by atoms with Crippen LogP contribution >= 0.6 is 0 Å². The van der Waals surface area contributed by atoms with Crippen molar-refractivity contribution < 1.29 is 4.79 Å². The molecule has 5 nitrogen and oxygen atoms in total. The summed E-state index contributed by atoms with van der Waals surface area (Å²) in [6, 6.07) is 6.32. The maximum atomic E-state index is 12.4. The molecule has 2 N–H and O–H groups in total. The van der Waals surface area contributed by atoms with Gasteiger partial charge in [0.2, 0.25) is 5.91 Å². The van der Waals surface area contributed by atoms with Gasteiger partial charge in [-0.25, -0.2) is 0 Å². The minimum atomic E-state index is 0.121. The summed E-state index contributed by atoms with van der Waals surface area (Å²) in [6.07, 6.45) is 4.66. The molecule has 110 valence electrons. The zero-order valence-electron chi connectivity index (χ0n) is 12.0. The van der Waals surface area contributed by atoms with Crippen molar-refractivity contribution in [3.8, 4) is 0 Å². The van der Waals surface area contributed by atoms with Crippen molar-refractivity contribution in [2.45, 2.75) is 25.3 Å². The van der Waals surface area contributed by atoms with E-state index in [2.05, 4.69) is 20.4 Å². The highest BCUT2D eigenvalue weighted by Crippen LogP contribution is 2.27. The fourth-order valence-electron chi connectivity index (χ4n) is 3.74. The molecule has 4 heterocycles. The predicted octanol–water partition coefficient (Wildman–Crippen LogP) is 1.32. The summed E-state index contributed by atoms with van der Waals surface area (Å²) in [5.74, 6) is 0.790. The summed E-state index contributed by atoms with van der Waals surface area (Å²) >= 11 is 0. The van der Waals surface area contributed by atoms with Crippen LogP contribution in [0.5, 0.6) is 0 Å². The van der Waals surface area contributed by atoms with Crippen LogP contribution in [0.4, 0.5) is 0 Å². The number of H-pyrrole nitrogens is 1. The second kappa shape index (κ2) is 5.15. The first-order valence-corrected chi connectivity index (χ1v) is 7.72. The molecule has 0 saturated carbocycles. The van der Waals surface area contributed by atoms with Gasteiger partial charge in [0.1, 0.15) is 0 Å². The van der Waals surface area contributed by atoms with E-state index >= 15 is 0 Å². The van der Waals surface area contributed by atoms with Gasteiger partial charge in [0.15, 0.2) is 0 Å². The lowest BCUT2D eigenvalue weighted by Crippen LogP contribution is -2.57. The van der Waals surface area contributed by atoms with Gasteiger partial charge >= 0.3 is 0 Å². The molecule has 2 aromatic rings. The molecule has 2 bridgehead atoms. The maximum absolute atomic E-state index is 12.4. The Morgan fingerprint density at radius 2 is 2.24 bits per heavy atom. The molecule has 1 amide bonds. The van der Waals surface area contributed by atoms with Gasteiger partial charge in [0, 0.05) is 18.0 Å². The predicted molar refractivity (Wildman–Crippen MR) is 80.9 cm³/mol.